The van der Waals surface area contributed by atoms with Crippen LogP contribution in [-0.2, 0) is 9.53 Å². The number of aromatic carboxylic acids is 1. The van der Waals surface area contributed by atoms with Gasteiger partial charge in [-0.05, 0) is 38.3 Å². The van der Waals surface area contributed by atoms with E-state index in [1.54, 1.807) is 26.0 Å². The van der Waals surface area contributed by atoms with E-state index in [-0.39, 0.29) is 11.5 Å². The number of anilines is 1. The first-order chi connectivity index (χ1) is 8.94. The predicted molar refractivity (Wildman–Crippen MR) is 70.4 cm³/mol. The number of nitrogens with one attached hydrogen (secondary N) is 1. The molecule has 1 aromatic rings. The number of carbonyl (C=O) groups is 2. The van der Waals surface area contributed by atoms with Crippen LogP contribution in [0.1, 0.15) is 35.7 Å². The summed E-state index contributed by atoms with van der Waals surface area (Å²) >= 11 is 0. The third kappa shape index (κ3) is 2.61. The summed E-state index contributed by atoms with van der Waals surface area (Å²) in [7, 11) is 0. The third-order valence-corrected chi connectivity index (χ3v) is 3.44. The van der Waals surface area contributed by atoms with Gasteiger partial charge in [0.1, 0.15) is 5.60 Å². The number of benzene rings is 1. The van der Waals surface area contributed by atoms with E-state index in [4.69, 9.17) is 9.84 Å². The molecule has 1 fully saturated rings. The molecule has 1 heterocycles. The summed E-state index contributed by atoms with van der Waals surface area (Å²) in [6.45, 7) is 4.05. The lowest BCUT2D eigenvalue weighted by Crippen LogP contribution is -2.39. The Kier molecular flexibility index (Phi) is 3.57. The second-order valence-electron chi connectivity index (χ2n) is 4.94. The van der Waals surface area contributed by atoms with Gasteiger partial charge in [-0.25, -0.2) is 4.79 Å². The van der Waals surface area contributed by atoms with E-state index >= 15 is 0 Å². The van der Waals surface area contributed by atoms with Gasteiger partial charge in [0.15, 0.2) is 0 Å². The number of ether oxygens (including phenoxy) is 1. The highest BCUT2D eigenvalue weighted by atomic mass is 16.5. The molecule has 5 nitrogen and oxygen atoms in total. The smallest absolute Gasteiger partial charge is 0.337 e. The number of hydrogen-bond acceptors (Lipinski definition) is 3. The number of carbonyl (C=O) groups excluding carboxylic acids is 1. The van der Waals surface area contributed by atoms with Gasteiger partial charge in [0, 0.05) is 6.61 Å². The summed E-state index contributed by atoms with van der Waals surface area (Å²) in [5.74, 6) is -1.35. The summed E-state index contributed by atoms with van der Waals surface area (Å²) in [4.78, 5) is 23.4. The number of amides is 1. The van der Waals surface area contributed by atoms with Gasteiger partial charge in [-0.2, -0.15) is 0 Å². The molecule has 0 spiro atoms. The number of carboxylic acid groups (broad SMARTS) is 1. The third-order valence-electron chi connectivity index (χ3n) is 3.44. The minimum Gasteiger partial charge on any atom is -0.478 e. The Morgan fingerprint density at radius 1 is 1.42 bits per heavy atom. The average molecular weight is 263 g/mol. The summed E-state index contributed by atoms with van der Waals surface area (Å²) in [6.07, 6.45) is 1.48. The molecule has 19 heavy (non-hydrogen) atoms. The molecule has 1 atom stereocenters. The number of carboxylic acids is 1. The van der Waals surface area contributed by atoms with Gasteiger partial charge in [0.25, 0.3) is 5.91 Å². The molecular weight excluding hydrogens is 246 g/mol. The zero-order valence-corrected chi connectivity index (χ0v) is 11.0. The van der Waals surface area contributed by atoms with E-state index < -0.39 is 11.6 Å². The standard InChI is InChI=1S/C14H17NO4/c1-9-5-3-6-10(12(16)17)11(9)15-13(18)14(2)7-4-8-19-14/h3,5-6H,4,7-8H2,1-2H3,(H,15,18)(H,16,17). The zero-order chi connectivity index (χ0) is 14.0. The highest BCUT2D eigenvalue weighted by Gasteiger charge is 2.38. The Labute approximate surface area is 111 Å². The molecule has 1 aromatic carbocycles. The van der Waals surface area contributed by atoms with E-state index in [2.05, 4.69) is 5.32 Å². The Balaban J connectivity index is 2.28. The molecule has 0 bridgehead atoms. The van der Waals surface area contributed by atoms with Gasteiger partial charge in [-0.15, -0.1) is 0 Å². The predicted octanol–water partition coefficient (Wildman–Crippen LogP) is 2.20. The minimum absolute atomic E-state index is 0.0925. The molecular formula is C14H17NO4. The van der Waals surface area contributed by atoms with Crippen LogP contribution in [0.15, 0.2) is 18.2 Å². The van der Waals surface area contributed by atoms with Crippen molar-refractivity contribution in [3.8, 4) is 0 Å². The van der Waals surface area contributed by atoms with Crippen molar-refractivity contribution in [2.75, 3.05) is 11.9 Å². The molecule has 1 saturated heterocycles. The molecule has 0 aromatic heterocycles. The monoisotopic (exact) mass is 263 g/mol. The van der Waals surface area contributed by atoms with Crippen LogP contribution in [0.2, 0.25) is 0 Å². The molecule has 1 aliphatic rings. The quantitative estimate of drug-likeness (QED) is 0.876. The van der Waals surface area contributed by atoms with Crippen molar-refractivity contribution in [1.82, 2.24) is 0 Å². The van der Waals surface area contributed by atoms with E-state index in [1.807, 2.05) is 0 Å². The fourth-order valence-corrected chi connectivity index (χ4v) is 2.22. The van der Waals surface area contributed by atoms with Gasteiger partial charge in [-0.1, -0.05) is 12.1 Å². The van der Waals surface area contributed by atoms with Crippen molar-refractivity contribution >= 4 is 17.6 Å². The van der Waals surface area contributed by atoms with Crippen LogP contribution < -0.4 is 5.32 Å². The second-order valence-corrected chi connectivity index (χ2v) is 4.94. The molecule has 5 heteroatoms. The van der Waals surface area contributed by atoms with Crippen molar-refractivity contribution in [3.63, 3.8) is 0 Å². The molecule has 1 unspecified atom stereocenters. The van der Waals surface area contributed by atoms with Crippen LogP contribution in [0.5, 0.6) is 0 Å². The topological polar surface area (TPSA) is 75.6 Å². The fourth-order valence-electron chi connectivity index (χ4n) is 2.22. The first-order valence-electron chi connectivity index (χ1n) is 6.22. The molecule has 1 aliphatic heterocycles. The van der Waals surface area contributed by atoms with Gasteiger partial charge >= 0.3 is 5.97 Å². The first-order valence-corrected chi connectivity index (χ1v) is 6.22. The van der Waals surface area contributed by atoms with Crippen molar-refractivity contribution in [2.45, 2.75) is 32.3 Å². The molecule has 1 amide bonds. The number of aryl methyl sites for hydroxylation is 1. The lowest BCUT2D eigenvalue weighted by Gasteiger charge is -2.23. The molecule has 102 valence electrons. The maximum Gasteiger partial charge on any atom is 0.337 e. The van der Waals surface area contributed by atoms with Crippen molar-refractivity contribution in [3.05, 3.63) is 29.3 Å². The van der Waals surface area contributed by atoms with Crippen LogP contribution in [0.4, 0.5) is 5.69 Å². The Hall–Kier alpha value is -1.88. The average Bonchev–Trinajstić information content (AvgIpc) is 2.79. The van der Waals surface area contributed by atoms with Gasteiger partial charge in [0.05, 0.1) is 11.3 Å². The summed E-state index contributed by atoms with van der Waals surface area (Å²) in [5.41, 5.74) is 0.291. The molecule has 0 aliphatic carbocycles. The summed E-state index contributed by atoms with van der Waals surface area (Å²) in [5, 5.41) is 11.8. The van der Waals surface area contributed by atoms with Crippen LogP contribution >= 0.6 is 0 Å². The normalized spacial score (nSPS) is 22.2. The first kappa shape index (κ1) is 13.5. The number of hydrogen-bond donors (Lipinski definition) is 2. The van der Waals surface area contributed by atoms with Crippen LogP contribution in [0.25, 0.3) is 0 Å². The van der Waals surface area contributed by atoms with E-state index in [9.17, 15) is 9.59 Å². The SMILES string of the molecule is Cc1cccc(C(=O)O)c1NC(=O)C1(C)CCCO1. The minimum atomic E-state index is -1.06. The van der Waals surface area contributed by atoms with Crippen molar-refractivity contribution in [1.29, 1.82) is 0 Å². The maximum atomic E-state index is 12.2. The van der Waals surface area contributed by atoms with E-state index in [0.29, 0.717) is 18.7 Å². The van der Waals surface area contributed by atoms with Crippen molar-refractivity contribution < 1.29 is 19.4 Å². The summed E-state index contributed by atoms with van der Waals surface area (Å²) in [6, 6.07) is 4.89. The number of para-hydroxylation sites is 1. The lowest BCUT2D eigenvalue weighted by molar-refractivity contribution is -0.133. The van der Waals surface area contributed by atoms with Gasteiger partial charge in [-0.3, -0.25) is 4.79 Å². The van der Waals surface area contributed by atoms with Crippen LogP contribution in [0, 0.1) is 6.92 Å². The van der Waals surface area contributed by atoms with Crippen LogP contribution in [0.3, 0.4) is 0 Å². The Bertz CT molecular complexity index is 518. The van der Waals surface area contributed by atoms with Crippen molar-refractivity contribution in [2.24, 2.45) is 0 Å². The molecule has 0 radical (unpaired) electrons. The van der Waals surface area contributed by atoms with E-state index in [0.717, 1.165) is 12.0 Å². The van der Waals surface area contributed by atoms with Crippen LogP contribution in [-0.4, -0.2) is 29.2 Å². The Morgan fingerprint density at radius 2 is 2.16 bits per heavy atom. The highest BCUT2D eigenvalue weighted by Crippen LogP contribution is 2.28. The lowest BCUT2D eigenvalue weighted by atomic mass is 10.0. The summed E-state index contributed by atoms with van der Waals surface area (Å²) < 4.78 is 5.46. The number of rotatable bonds is 3. The second kappa shape index (κ2) is 5.01. The maximum absolute atomic E-state index is 12.2. The van der Waals surface area contributed by atoms with Gasteiger partial charge < -0.3 is 15.2 Å². The molecule has 2 N–H and O–H groups in total. The largest absolute Gasteiger partial charge is 0.478 e. The molecule has 2 rings (SSSR count). The zero-order valence-electron chi connectivity index (χ0n) is 11.0. The van der Waals surface area contributed by atoms with Gasteiger partial charge in [0.2, 0.25) is 0 Å². The highest BCUT2D eigenvalue weighted by molar-refractivity contribution is 6.04. The Morgan fingerprint density at radius 3 is 2.74 bits per heavy atom. The molecule has 0 saturated carbocycles. The fraction of sp³-hybridized carbons (Fsp3) is 0.429. The van der Waals surface area contributed by atoms with E-state index in [1.165, 1.54) is 6.07 Å².